The number of fused-ring (bicyclic) bond motifs is 1. The number of thiophene rings is 1. The summed E-state index contributed by atoms with van der Waals surface area (Å²) in [5, 5.41) is 9.98. The van der Waals surface area contributed by atoms with Crippen molar-refractivity contribution in [1.29, 1.82) is 0 Å². The Kier molecular flexibility index (Phi) is 3.19. The number of hydrogen-bond donors (Lipinski definition) is 2. The van der Waals surface area contributed by atoms with Crippen LogP contribution in [0.4, 0.5) is 0 Å². The van der Waals surface area contributed by atoms with Gasteiger partial charge in [0.05, 0.1) is 11.1 Å². The molecule has 3 rings (SSSR count). The van der Waals surface area contributed by atoms with Crippen molar-refractivity contribution in [2.24, 2.45) is 0 Å². The first-order valence-corrected chi connectivity index (χ1v) is 7.40. The summed E-state index contributed by atoms with van der Waals surface area (Å²) in [6, 6.07) is 8.31. The summed E-state index contributed by atoms with van der Waals surface area (Å²) < 4.78 is 1.81. The molecule has 0 bridgehead atoms. The normalized spacial score (nSPS) is 11.1. The fourth-order valence-electron chi connectivity index (χ4n) is 2.07. The Morgan fingerprint density at radius 3 is 2.70 bits per heavy atom. The van der Waals surface area contributed by atoms with E-state index in [-0.39, 0.29) is 11.3 Å². The van der Waals surface area contributed by atoms with Crippen molar-refractivity contribution >= 4 is 33.8 Å². The van der Waals surface area contributed by atoms with Gasteiger partial charge in [-0.25, -0.2) is 0 Å². The molecule has 0 aliphatic carbocycles. The molecule has 1 aromatic carbocycles. The predicted octanol–water partition coefficient (Wildman–Crippen LogP) is 3.38. The second-order valence-electron chi connectivity index (χ2n) is 4.40. The van der Waals surface area contributed by atoms with Crippen molar-refractivity contribution in [1.82, 2.24) is 9.55 Å². The SMILES string of the molecule is CCc1cc2c(=O)n(-c3ccc(O)cc3)c(=S)[nH]c2s1. The van der Waals surface area contributed by atoms with Crippen LogP contribution < -0.4 is 5.56 Å². The van der Waals surface area contributed by atoms with E-state index in [0.29, 0.717) is 15.8 Å². The monoisotopic (exact) mass is 304 g/mol. The lowest BCUT2D eigenvalue weighted by atomic mass is 10.3. The number of aromatic amines is 1. The van der Waals surface area contributed by atoms with E-state index in [1.54, 1.807) is 23.5 Å². The van der Waals surface area contributed by atoms with E-state index in [9.17, 15) is 9.90 Å². The minimum Gasteiger partial charge on any atom is -0.508 e. The molecule has 0 amide bonds. The number of rotatable bonds is 2. The first kappa shape index (κ1) is 13.1. The van der Waals surface area contributed by atoms with Crippen LogP contribution >= 0.6 is 23.6 Å². The predicted molar refractivity (Wildman–Crippen MR) is 83.6 cm³/mol. The van der Waals surface area contributed by atoms with Crippen molar-refractivity contribution in [3.63, 3.8) is 0 Å². The maximum absolute atomic E-state index is 12.6. The molecule has 0 aliphatic heterocycles. The van der Waals surface area contributed by atoms with Gasteiger partial charge in [0, 0.05) is 4.88 Å². The highest BCUT2D eigenvalue weighted by Crippen LogP contribution is 2.22. The first-order chi connectivity index (χ1) is 9.60. The first-order valence-electron chi connectivity index (χ1n) is 6.17. The topological polar surface area (TPSA) is 58.0 Å². The summed E-state index contributed by atoms with van der Waals surface area (Å²) in [6.07, 6.45) is 0.887. The largest absolute Gasteiger partial charge is 0.508 e. The highest BCUT2D eigenvalue weighted by molar-refractivity contribution is 7.71. The van der Waals surface area contributed by atoms with Crippen molar-refractivity contribution in [2.45, 2.75) is 13.3 Å². The van der Waals surface area contributed by atoms with Crippen LogP contribution in [0, 0.1) is 4.77 Å². The van der Waals surface area contributed by atoms with Gasteiger partial charge in [0.2, 0.25) is 0 Å². The van der Waals surface area contributed by atoms with E-state index in [1.165, 1.54) is 16.7 Å². The minimum atomic E-state index is -0.134. The zero-order chi connectivity index (χ0) is 14.3. The van der Waals surface area contributed by atoms with Crippen LogP contribution in [0.15, 0.2) is 35.1 Å². The number of aryl methyl sites for hydroxylation is 1. The van der Waals surface area contributed by atoms with Crippen LogP contribution in [-0.4, -0.2) is 14.7 Å². The fourth-order valence-corrected chi connectivity index (χ4v) is 3.41. The fraction of sp³-hybridized carbons (Fsp3) is 0.143. The van der Waals surface area contributed by atoms with Crippen LogP contribution in [0.25, 0.3) is 15.9 Å². The molecule has 0 unspecified atom stereocenters. The van der Waals surface area contributed by atoms with E-state index in [1.807, 2.05) is 6.07 Å². The van der Waals surface area contributed by atoms with Gasteiger partial charge in [-0.1, -0.05) is 6.92 Å². The van der Waals surface area contributed by atoms with Gasteiger partial charge in [0.25, 0.3) is 5.56 Å². The standard InChI is InChI=1S/C14H12N2O2S2/c1-2-10-7-11-12(20-10)15-14(19)16(13(11)18)8-3-5-9(17)6-4-8/h3-7,17H,2H2,1H3,(H,15,19). The Labute approximate surface area is 124 Å². The lowest BCUT2D eigenvalue weighted by Gasteiger charge is -2.06. The summed E-state index contributed by atoms with van der Waals surface area (Å²) in [5.74, 6) is 0.154. The highest BCUT2D eigenvalue weighted by Gasteiger charge is 2.10. The molecule has 0 fully saturated rings. The number of aromatic hydroxyl groups is 1. The third kappa shape index (κ3) is 2.07. The summed E-state index contributed by atoms with van der Waals surface area (Å²) in [5.41, 5.74) is 0.505. The molecule has 0 saturated carbocycles. The average Bonchev–Trinajstić information content (AvgIpc) is 2.84. The summed E-state index contributed by atoms with van der Waals surface area (Å²) in [7, 11) is 0. The van der Waals surface area contributed by atoms with Gasteiger partial charge in [0.1, 0.15) is 10.6 Å². The molecule has 0 saturated heterocycles. The Morgan fingerprint density at radius 1 is 1.35 bits per heavy atom. The van der Waals surface area contributed by atoms with Crippen molar-refractivity contribution < 1.29 is 5.11 Å². The molecule has 0 radical (unpaired) electrons. The molecule has 6 heteroatoms. The van der Waals surface area contributed by atoms with E-state index in [2.05, 4.69) is 11.9 Å². The summed E-state index contributed by atoms with van der Waals surface area (Å²) in [4.78, 5) is 17.6. The highest BCUT2D eigenvalue weighted by atomic mass is 32.1. The van der Waals surface area contributed by atoms with Gasteiger partial charge in [-0.3, -0.25) is 9.36 Å². The molecule has 20 heavy (non-hydrogen) atoms. The number of H-pyrrole nitrogens is 1. The number of hydrogen-bond acceptors (Lipinski definition) is 4. The van der Waals surface area contributed by atoms with Crippen molar-refractivity contribution in [2.75, 3.05) is 0 Å². The van der Waals surface area contributed by atoms with E-state index in [0.717, 1.165) is 16.1 Å². The van der Waals surface area contributed by atoms with Gasteiger partial charge >= 0.3 is 0 Å². The lowest BCUT2D eigenvalue weighted by molar-refractivity contribution is 0.475. The molecule has 0 aliphatic rings. The zero-order valence-electron chi connectivity index (χ0n) is 10.7. The number of nitrogens with one attached hydrogen (secondary N) is 1. The number of phenols is 1. The quantitative estimate of drug-likeness (QED) is 0.714. The third-order valence-corrected chi connectivity index (χ3v) is 4.58. The van der Waals surface area contributed by atoms with Crippen LogP contribution in [0.1, 0.15) is 11.8 Å². The maximum atomic E-state index is 12.6. The van der Waals surface area contributed by atoms with E-state index in [4.69, 9.17) is 12.2 Å². The molecule has 0 spiro atoms. The molecular formula is C14H12N2O2S2. The molecule has 4 nitrogen and oxygen atoms in total. The van der Waals surface area contributed by atoms with Gasteiger partial charge in [-0.05, 0) is 49.0 Å². The lowest BCUT2D eigenvalue weighted by Crippen LogP contribution is -2.19. The van der Waals surface area contributed by atoms with Gasteiger partial charge < -0.3 is 10.1 Å². The molecule has 2 aromatic heterocycles. The Hall–Kier alpha value is -1.92. The van der Waals surface area contributed by atoms with E-state index >= 15 is 0 Å². The molecule has 102 valence electrons. The zero-order valence-corrected chi connectivity index (χ0v) is 12.3. The van der Waals surface area contributed by atoms with Crippen LogP contribution in [0.2, 0.25) is 0 Å². The molecule has 0 atom stereocenters. The van der Waals surface area contributed by atoms with Crippen molar-refractivity contribution in [3.8, 4) is 11.4 Å². The minimum absolute atomic E-state index is 0.134. The van der Waals surface area contributed by atoms with Crippen LogP contribution in [0.3, 0.4) is 0 Å². The maximum Gasteiger partial charge on any atom is 0.267 e. The van der Waals surface area contributed by atoms with Gasteiger partial charge in [0.15, 0.2) is 4.77 Å². The number of nitrogens with zero attached hydrogens (tertiary/aromatic N) is 1. The average molecular weight is 304 g/mol. The van der Waals surface area contributed by atoms with Crippen LogP contribution in [0.5, 0.6) is 5.75 Å². The summed E-state index contributed by atoms with van der Waals surface area (Å²) in [6.45, 7) is 2.05. The molecule has 2 N–H and O–H groups in total. The molecule has 3 aromatic rings. The second-order valence-corrected chi connectivity index (χ2v) is 5.92. The Morgan fingerprint density at radius 2 is 2.05 bits per heavy atom. The van der Waals surface area contributed by atoms with Gasteiger partial charge in [-0.2, -0.15) is 0 Å². The van der Waals surface area contributed by atoms with Crippen molar-refractivity contribution in [3.05, 3.63) is 50.3 Å². The number of aromatic nitrogens is 2. The van der Waals surface area contributed by atoms with Gasteiger partial charge in [-0.15, -0.1) is 11.3 Å². The third-order valence-electron chi connectivity index (χ3n) is 3.10. The number of phenolic OH excluding ortho intramolecular Hbond substituents is 1. The van der Waals surface area contributed by atoms with Crippen LogP contribution in [-0.2, 0) is 6.42 Å². The Balaban J connectivity index is 2.33. The smallest absolute Gasteiger partial charge is 0.267 e. The number of benzene rings is 1. The molecular weight excluding hydrogens is 292 g/mol. The van der Waals surface area contributed by atoms with E-state index < -0.39 is 0 Å². The molecule has 2 heterocycles. The Bertz CT molecular complexity index is 888. The second kappa shape index (κ2) is 4.88. The summed E-state index contributed by atoms with van der Waals surface area (Å²) >= 11 is 6.84.